The number of pyridine rings is 1. The smallest absolute Gasteiger partial charge is 0.257 e. The maximum Gasteiger partial charge on any atom is 0.257 e. The first-order valence-corrected chi connectivity index (χ1v) is 11.0. The summed E-state index contributed by atoms with van der Waals surface area (Å²) in [6.07, 6.45) is 6.31. The number of nitrogens with zero attached hydrogens (tertiary/aromatic N) is 5. The number of hydrogen-bond donors (Lipinski definition) is 1. The van der Waals surface area contributed by atoms with Gasteiger partial charge >= 0.3 is 0 Å². The number of rotatable bonds is 3. The van der Waals surface area contributed by atoms with Crippen molar-refractivity contribution >= 4 is 28.7 Å². The van der Waals surface area contributed by atoms with E-state index in [1.54, 1.807) is 6.20 Å². The number of carbonyl (C=O) groups is 1. The number of fused-ring (bicyclic) bond motifs is 1. The molecular formula is C23H28N6O. The van der Waals surface area contributed by atoms with Crippen LogP contribution in [-0.4, -0.2) is 65.0 Å². The van der Waals surface area contributed by atoms with Gasteiger partial charge in [-0.15, -0.1) is 0 Å². The second kappa shape index (κ2) is 8.34. The van der Waals surface area contributed by atoms with E-state index in [0.717, 1.165) is 67.5 Å². The first kappa shape index (κ1) is 18.9. The van der Waals surface area contributed by atoms with Gasteiger partial charge in [0, 0.05) is 45.5 Å². The van der Waals surface area contributed by atoms with Crippen molar-refractivity contribution in [3.63, 3.8) is 0 Å². The molecule has 7 nitrogen and oxygen atoms in total. The number of carbonyl (C=O) groups excluding carboxylic acids is 1. The summed E-state index contributed by atoms with van der Waals surface area (Å²) < 4.78 is 0. The average molecular weight is 405 g/mol. The maximum absolute atomic E-state index is 13.4. The van der Waals surface area contributed by atoms with E-state index in [-0.39, 0.29) is 5.91 Å². The van der Waals surface area contributed by atoms with Crippen molar-refractivity contribution < 1.29 is 4.79 Å². The lowest BCUT2D eigenvalue weighted by molar-refractivity contribution is 0.0767. The maximum atomic E-state index is 13.4. The molecule has 2 saturated heterocycles. The van der Waals surface area contributed by atoms with E-state index in [2.05, 4.69) is 19.8 Å². The fourth-order valence-electron chi connectivity index (χ4n) is 4.51. The second-order valence-electron chi connectivity index (χ2n) is 8.13. The second-order valence-corrected chi connectivity index (χ2v) is 8.13. The number of nitrogens with one attached hydrogen (secondary N) is 1. The van der Waals surface area contributed by atoms with Gasteiger partial charge in [-0.25, -0.2) is 9.97 Å². The van der Waals surface area contributed by atoms with Crippen LogP contribution in [-0.2, 0) is 0 Å². The molecule has 0 aliphatic carbocycles. The molecule has 7 heteroatoms. The fraction of sp³-hybridized carbons (Fsp3) is 0.435. The van der Waals surface area contributed by atoms with Crippen LogP contribution in [0.3, 0.4) is 0 Å². The van der Waals surface area contributed by atoms with E-state index in [0.29, 0.717) is 6.54 Å². The van der Waals surface area contributed by atoms with Gasteiger partial charge in [-0.3, -0.25) is 4.79 Å². The van der Waals surface area contributed by atoms with E-state index in [1.165, 1.54) is 19.3 Å². The molecule has 4 heterocycles. The predicted molar refractivity (Wildman–Crippen MR) is 119 cm³/mol. The van der Waals surface area contributed by atoms with Crippen LogP contribution in [0.25, 0.3) is 11.0 Å². The summed E-state index contributed by atoms with van der Waals surface area (Å²) in [4.78, 5) is 32.7. The molecule has 1 aromatic carbocycles. The van der Waals surface area contributed by atoms with Crippen LogP contribution in [0, 0.1) is 0 Å². The SMILES string of the molecule is O=C(c1cccnc1N1CCCCC1)N1CCCN(c2nc3ccccc3[nH]2)CC1. The highest BCUT2D eigenvalue weighted by Crippen LogP contribution is 2.24. The summed E-state index contributed by atoms with van der Waals surface area (Å²) in [5.74, 6) is 1.83. The zero-order chi connectivity index (χ0) is 20.3. The molecule has 1 N–H and O–H groups in total. The quantitative estimate of drug-likeness (QED) is 0.725. The van der Waals surface area contributed by atoms with Gasteiger partial charge < -0.3 is 19.7 Å². The highest BCUT2D eigenvalue weighted by atomic mass is 16.2. The molecule has 2 aliphatic heterocycles. The molecule has 30 heavy (non-hydrogen) atoms. The van der Waals surface area contributed by atoms with E-state index in [4.69, 9.17) is 4.98 Å². The van der Waals surface area contributed by atoms with Crippen LogP contribution >= 0.6 is 0 Å². The van der Waals surface area contributed by atoms with Crippen molar-refractivity contribution in [2.45, 2.75) is 25.7 Å². The normalized spacial score (nSPS) is 17.9. The van der Waals surface area contributed by atoms with Crippen molar-refractivity contribution in [1.82, 2.24) is 19.9 Å². The molecule has 2 aromatic heterocycles. The van der Waals surface area contributed by atoms with Crippen LogP contribution in [0.2, 0.25) is 0 Å². The largest absolute Gasteiger partial charge is 0.356 e. The highest BCUT2D eigenvalue weighted by Gasteiger charge is 2.26. The number of aromatic amines is 1. The molecule has 5 rings (SSSR count). The number of H-pyrrole nitrogens is 1. The average Bonchev–Trinajstić information content (AvgIpc) is 3.08. The third-order valence-corrected chi connectivity index (χ3v) is 6.13. The Hall–Kier alpha value is -3.09. The molecule has 2 aliphatic rings. The standard InChI is InChI=1S/C23H28N6O/c30-22(18-8-6-11-24-21(18)27-12-4-1-5-13-27)28-14-7-15-29(17-16-28)23-25-19-9-2-3-10-20(19)26-23/h2-3,6,8-11H,1,4-5,7,12-17H2,(H,25,26). The molecule has 0 bridgehead atoms. The van der Waals surface area contributed by atoms with E-state index >= 15 is 0 Å². The topological polar surface area (TPSA) is 68.4 Å². The van der Waals surface area contributed by atoms with Crippen LogP contribution < -0.4 is 9.80 Å². The minimum atomic E-state index is 0.0927. The molecule has 2 fully saturated rings. The lowest BCUT2D eigenvalue weighted by Crippen LogP contribution is -2.37. The number of aromatic nitrogens is 3. The summed E-state index contributed by atoms with van der Waals surface area (Å²) in [7, 11) is 0. The Morgan fingerprint density at radius 3 is 2.53 bits per heavy atom. The Balaban J connectivity index is 1.32. The molecular weight excluding hydrogens is 376 g/mol. The molecule has 0 saturated carbocycles. The summed E-state index contributed by atoms with van der Waals surface area (Å²) in [5.41, 5.74) is 2.76. The molecule has 0 radical (unpaired) electrons. The van der Waals surface area contributed by atoms with Crippen molar-refractivity contribution in [3.8, 4) is 0 Å². The van der Waals surface area contributed by atoms with Crippen LogP contribution in [0.4, 0.5) is 11.8 Å². The lowest BCUT2D eigenvalue weighted by atomic mass is 10.1. The van der Waals surface area contributed by atoms with Crippen LogP contribution in [0.1, 0.15) is 36.0 Å². The minimum absolute atomic E-state index is 0.0927. The number of hydrogen-bond acceptors (Lipinski definition) is 5. The lowest BCUT2D eigenvalue weighted by Gasteiger charge is -2.30. The van der Waals surface area contributed by atoms with E-state index < -0.39 is 0 Å². The first-order valence-electron chi connectivity index (χ1n) is 11.0. The van der Waals surface area contributed by atoms with E-state index in [1.807, 2.05) is 41.3 Å². The Bertz CT molecular complexity index is 992. The Morgan fingerprint density at radius 2 is 1.67 bits per heavy atom. The summed E-state index contributed by atoms with van der Waals surface area (Å²) in [6.45, 7) is 5.06. The predicted octanol–water partition coefficient (Wildman–Crippen LogP) is 3.30. The van der Waals surface area contributed by atoms with Crippen LogP contribution in [0.15, 0.2) is 42.6 Å². The van der Waals surface area contributed by atoms with Gasteiger partial charge in [-0.1, -0.05) is 12.1 Å². The van der Waals surface area contributed by atoms with Gasteiger partial charge in [0.1, 0.15) is 5.82 Å². The van der Waals surface area contributed by atoms with Gasteiger partial charge in [0.15, 0.2) is 0 Å². The molecule has 0 spiro atoms. The summed E-state index contributed by atoms with van der Waals surface area (Å²) in [6, 6.07) is 11.9. The monoisotopic (exact) mass is 404 g/mol. The highest BCUT2D eigenvalue weighted by molar-refractivity contribution is 5.99. The van der Waals surface area contributed by atoms with E-state index in [9.17, 15) is 4.79 Å². The molecule has 3 aromatic rings. The Morgan fingerprint density at radius 1 is 0.833 bits per heavy atom. The van der Waals surface area contributed by atoms with Crippen molar-refractivity contribution in [2.24, 2.45) is 0 Å². The Kier molecular flexibility index (Phi) is 5.26. The number of amides is 1. The minimum Gasteiger partial charge on any atom is -0.356 e. The third-order valence-electron chi connectivity index (χ3n) is 6.13. The van der Waals surface area contributed by atoms with Gasteiger partial charge in [-0.2, -0.15) is 0 Å². The van der Waals surface area contributed by atoms with Crippen LogP contribution in [0.5, 0.6) is 0 Å². The fourth-order valence-corrected chi connectivity index (χ4v) is 4.51. The van der Waals surface area contributed by atoms with Crippen molar-refractivity contribution in [2.75, 3.05) is 49.1 Å². The molecule has 1 amide bonds. The summed E-state index contributed by atoms with van der Waals surface area (Å²) >= 11 is 0. The molecule has 0 atom stereocenters. The molecule has 0 unspecified atom stereocenters. The number of anilines is 2. The number of piperidine rings is 1. The van der Waals surface area contributed by atoms with Gasteiger partial charge in [0.05, 0.1) is 16.6 Å². The first-order chi connectivity index (χ1) is 14.8. The number of imidazole rings is 1. The number of benzene rings is 1. The van der Waals surface area contributed by atoms with Gasteiger partial charge in [0.25, 0.3) is 5.91 Å². The van der Waals surface area contributed by atoms with Gasteiger partial charge in [0.2, 0.25) is 5.95 Å². The summed E-state index contributed by atoms with van der Waals surface area (Å²) in [5, 5.41) is 0. The third kappa shape index (κ3) is 3.72. The van der Waals surface area contributed by atoms with Crippen molar-refractivity contribution in [3.05, 3.63) is 48.2 Å². The van der Waals surface area contributed by atoms with Crippen molar-refractivity contribution in [1.29, 1.82) is 0 Å². The zero-order valence-electron chi connectivity index (χ0n) is 17.3. The van der Waals surface area contributed by atoms with Gasteiger partial charge in [-0.05, 0) is 49.9 Å². The molecule has 156 valence electrons. The Labute approximate surface area is 176 Å². The number of para-hydroxylation sites is 2. The zero-order valence-corrected chi connectivity index (χ0v) is 17.3.